The number of benzene rings is 2. The summed E-state index contributed by atoms with van der Waals surface area (Å²) in [5.74, 6) is 1.21. The topological polar surface area (TPSA) is 13.1 Å². The molecule has 0 unspecified atom stereocenters. The molecule has 1 aliphatic rings. The first-order chi connectivity index (χ1) is 11.8. The summed E-state index contributed by atoms with van der Waals surface area (Å²) in [5, 5.41) is 1.16. The summed E-state index contributed by atoms with van der Waals surface area (Å²) in [7, 11) is 0. The van der Waals surface area contributed by atoms with Crippen molar-refractivity contribution in [3.05, 3.63) is 53.8 Å². The van der Waals surface area contributed by atoms with Gasteiger partial charge in [-0.25, -0.2) is 4.39 Å². The molecule has 0 atom stereocenters. The molecule has 124 valence electrons. The first kappa shape index (κ1) is 15.8. The van der Waals surface area contributed by atoms with Gasteiger partial charge in [0.25, 0.3) is 0 Å². The highest BCUT2D eigenvalue weighted by Gasteiger charge is 2.20. The third-order valence-corrected chi connectivity index (χ3v) is 5.85. The van der Waals surface area contributed by atoms with E-state index >= 15 is 0 Å². The number of halogens is 1. The lowest BCUT2D eigenvalue weighted by atomic mass is 9.84. The quantitative estimate of drug-likeness (QED) is 0.476. The second-order valence-electron chi connectivity index (χ2n) is 6.57. The molecule has 0 radical (unpaired) electrons. The number of hydrogen-bond donors (Lipinski definition) is 0. The number of hydrogen-bond acceptors (Lipinski definition) is 2. The van der Waals surface area contributed by atoms with Crippen LogP contribution in [0.2, 0.25) is 0 Å². The summed E-state index contributed by atoms with van der Waals surface area (Å²) in [6.45, 7) is 0. The second-order valence-corrected chi connectivity index (χ2v) is 7.38. The van der Waals surface area contributed by atoms with Gasteiger partial charge >= 0.3 is 0 Å². The van der Waals surface area contributed by atoms with E-state index in [0.29, 0.717) is 5.92 Å². The molecule has 0 N–H and O–H groups in total. The van der Waals surface area contributed by atoms with Crippen LogP contribution >= 0.6 is 11.8 Å². The van der Waals surface area contributed by atoms with Gasteiger partial charge in [0.2, 0.25) is 0 Å². The predicted octanol–water partition coefficient (Wildman–Crippen LogP) is 7.01. The molecule has 24 heavy (non-hydrogen) atoms. The fourth-order valence-electron chi connectivity index (χ4n) is 3.80. The van der Waals surface area contributed by atoms with Crippen LogP contribution in [-0.4, -0.2) is 6.26 Å². The van der Waals surface area contributed by atoms with E-state index < -0.39 is 0 Å². The Kier molecular flexibility index (Phi) is 4.36. The van der Waals surface area contributed by atoms with Crippen molar-refractivity contribution in [2.24, 2.45) is 0 Å². The van der Waals surface area contributed by atoms with Crippen LogP contribution < -0.4 is 0 Å². The third-order valence-electron chi connectivity index (χ3n) is 5.03. The minimum atomic E-state index is -0.233. The fourth-order valence-corrected chi connectivity index (χ4v) is 4.53. The van der Waals surface area contributed by atoms with Crippen molar-refractivity contribution >= 4 is 22.7 Å². The molecule has 2 aromatic carbocycles. The summed E-state index contributed by atoms with van der Waals surface area (Å²) in [6.07, 6.45) is 8.66. The largest absolute Gasteiger partial charge is 0.455 e. The van der Waals surface area contributed by atoms with E-state index in [9.17, 15) is 4.39 Å². The lowest BCUT2D eigenvalue weighted by Crippen LogP contribution is -2.04. The van der Waals surface area contributed by atoms with Crippen LogP contribution in [0.5, 0.6) is 0 Å². The first-order valence-electron chi connectivity index (χ1n) is 8.62. The van der Waals surface area contributed by atoms with Gasteiger partial charge in [-0.1, -0.05) is 37.5 Å². The zero-order valence-electron chi connectivity index (χ0n) is 13.8. The maximum atomic E-state index is 13.6. The Hall–Kier alpha value is -1.74. The lowest BCUT2D eigenvalue weighted by molar-refractivity contribution is 0.444. The zero-order chi connectivity index (χ0) is 16.5. The molecule has 0 spiro atoms. The van der Waals surface area contributed by atoms with Crippen molar-refractivity contribution < 1.29 is 8.81 Å². The molecule has 1 heterocycles. The molecule has 1 aliphatic carbocycles. The van der Waals surface area contributed by atoms with E-state index in [1.165, 1.54) is 43.7 Å². The van der Waals surface area contributed by atoms with Crippen LogP contribution in [0.15, 0.2) is 51.8 Å². The van der Waals surface area contributed by atoms with Crippen LogP contribution in [0.4, 0.5) is 4.39 Å². The average Bonchev–Trinajstić information content (AvgIpc) is 3.00. The summed E-state index contributed by atoms with van der Waals surface area (Å²) in [5.41, 5.74) is 3.11. The SMILES string of the molecule is CSc1c(-c2cccc(F)c2)oc2ccc(C3CCCCC3)cc12. The van der Waals surface area contributed by atoms with Crippen molar-refractivity contribution in [2.45, 2.75) is 42.9 Å². The molecule has 1 saturated carbocycles. The Morgan fingerprint density at radius 3 is 2.62 bits per heavy atom. The Morgan fingerprint density at radius 2 is 1.88 bits per heavy atom. The standard InChI is InChI=1S/C21H21FOS/c1-24-21-18-13-15(14-6-3-2-4-7-14)10-11-19(18)23-20(21)16-8-5-9-17(22)12-16/h5,8-14H,2-4,6-7H2,1H3. The maximum absolute atomic E-state index is 13.6. The van der Waals surface area contributed by atoms with Crippen molar-refractivity contribution in [1.29, 1.82) is 0 Å². The Balaban J connectivity index is 1.82. The zero-order valence-corrected chi connectivity index (χ0v) is 14.7. The van der Waals surface area contributed by atoms with E-state index in [4.69, 9.17) is 4.42 Å². The molecule has 3 heteroatoms. The van der Waals surface area contributed by atoms with Gasteiger partial charge in [-0.3, -0.25) is 0 Å². The van der Waals surface area contributed by atoms with Gasteiger partial charge < -0.3 is 4.42 Å². The summed E-state index contributed by atoms with van der Waals surface area (Å²) >= 11 is 1.67. The highest BCUT2D eigenvalue weighted by atomic mass is 32.2. The normalized spacial score (nSPS) is 15.9. The minimum absolute atomic E-state index is 0.233. The number of furan rings is 1. The third kappa shape index (κ3) is 2.86. The summed E-state index contributed by atoms with van der Waals surface area (Å²) in [4.78, 5) is 1.10. The van der Waals surface area contributed by atoms with Crippen molar-refractivity contribution in [1.82, 2.24) is 0 Å². The molecule has 1 nitrogen and oxygen atoms in total. The molecular formula is C21H21FOS. The Morgan fingerprint density at radius 1 is 1.04 bits per heavy atom. The van der Waals surface area contributed by atoms with Crippen LogP contribution in [-0.2, 0) is 0 Å². The summed E-state index contributed by atoms with van der Waals surface area (Å²) < 4.78 is 19.7. The second kappa shape index (κ2) is 6.64. The van der Waals surface area contributed by atoms with Crippen molar-refractivity contribution in [2.75, 3.05) is 6.26 Å². The molecule has 0 aliphatic heterocycles. The van der Waals surface area contributed by atoms with Crippen LogP contribution in [0, 0.1) is 5.82 Å². The van der Waals surface area contributed by atoms with E-state index in [2.05, 4.69) is 24.5 Å². The fraction of sp³-hybridized carbons (Fsp3) is 0.333. The first-order valence-corrected chi connectivity index (χ1v) is 9.85. The average molecular weight is 340 g/mol. The van der Waals surface area contributed by atoms with Crippen LogP contribution in [0.1, 0.15) is 43.6 Å². The van der Waals surface area contributed by atoms with Gasteiger partial charge in [-0.2, -0.15) is 0 Å². The molecule has 1 fully saturated rings. The van der Waals surface area contributed by atoms with E-state index in [0.717, 1.165) is 27.2 Å². The van der Waals surface area contributed by atoms with E-state index in [-0.39, 0.29) is 5.82 Å². The molecule has 4 rings (SSSR count). The number of fused-ring (bicyclic) bond motifs is 1. The maximum Gasteiger partial charge on any atom is 0.149 e. The number of rotatable bonds is 3. The highest BCUT2D eigenvalue weighted by molar-refractivity contribution is 7.99. The van der Waals surface area contributed by atoms with Gasteiger partial charge in [0.05, 0.1) is 4.90 Å². The van der Waals surface area contributed by atoms with Gasteiger partial charge in [-0.05, 0) is 54.8 Å². The molecule has 0 bridgehead atoms. The van der Waals surface area contributed by atoms with Gasteiger partial charge in [-0.15, -0.1) is 11.8 Å². The predicted molar refractivity (Wildman–Crippen MR) is 99.2 cm³/mol. The molecule has 3 aromatic rings. The van der Waals surface area contributed by atoms with Gasteiger partial charge in [0, 0.05) is 10.9 Å². The molecular weight excluding hydrogens is 319 g/mol. The van der Waals surface area contributed by atoms with Crippen LogP contribution in [0.3, 0.4) is 0 Å². The molecule has 0 saturated heterocycles. The van der Waals surface area contributed by atoms with Gasteiger partial charge in [0.1, 0.15) is 17.2 Å². The monoisotopic (exact) mass is 340 g/mol. The highest BCUT2D eigenvalue weighted by Crippen LogP contribution is 2.42. The summed E-state index contributed by atoms with van der Waals surface area (Å²) in [6, 6.07) is 13.2. The Bertz CT molecular complexity index is 861. The lowest BCUT2D eigenvalue weighted by Gasteiger charge is -2.21. The van der Waals surface area contributed by atoms with Crippen LogP contribution in [0.25, 0.3) is 22.3 Å². The molecule has 1 aromatic heterocycles. The Labute approximate surface area is 146 Å². The van der Waals surface area contributed by atoms with Crippen molar-refractivity contribution in [3.8, 4) is 11.3 Å². The van der Waals surface area contributed by atoms with Crippen molar-refractivity contribution in [3.63, 3.8) is 0 Å². The number of thioether (sulfide) groups is 1. The molecule has 0 amide bonds. The minimum Gasteiger partial charge on any atom is -0.455 e. The smallest absolute Gasteiger partial charge is 0.149 e. The van der Waals surface area contributed by atoms with E-state index in [1.54, 1.807) is 23.9 Å². The van der Waals surface area contributed by atoms with E-state index in [1.807, 2.05) is 6.07 Å². The van der Waals surface area contributed by atoms with Gasteiger partial charge in [0.15, 0.2) is 0 Å².